The van der Waals surface area contributed by atoms with Gasteiger partial charge in [0.1, 0.15) is 5.75 Å². The number of benzene rings is 1. The molecule has 1 amide bonds. The Bertz CT molecular complexity index is 458. The number of hydrogen-bond acceptors (Lipinski definition) is 3. The molecule has 1 aromatic rings. The number of carbonyl (C=O) groups excluding carboxylic acids is 1. The molecular weight excluding hydrogens is 252 g/mol. The minimum atomic E-state index is -0.383. The first-order valence-electron chi connectivity index (χ1n) is 6.05. The Hall–Kier alpha value is -1.26. The van der Waals surface area contributed by atoms with Gasteiger partial charge in [0.15, 0.2) is 0 Å². The van der Waals surface area contributed by atoms with Gasteiger partial charge in [-0.05, 0) is 38.0 Å². The lowest BCUT2D eigenvalue weighted by atomic mass is 10.1. The van der Waals surface area contributed by atoms with Crippen LogP contribution in [0.15, 0.2) is 18.2 Å². The zero-order valence-corrected chi connectivity index (χ0v) is 11.1. The first-order valence-corrected chi connectivity index (χ1v) is 6.43. The number of rotatable bonds is 5. The van der Waals surface area contributed by atoms with Gasteiger partial charge in [0, 0.05) is 11.6 Å². The largest absolute Gasteiger partial charge is 0.492 e. The number of ether oxygens (including phenoxy) is 1. The second-order valence-corrected chi connectivity index (χ2v) is 4.95. The van der Waals surface area contributed by atoms with E-state index in [2.05, 4.69) is 5.32 Å². The first-order chi connectivity index (χ1) is 8.61. The number of halogens is 1. The quantitative estimate of drug-likeness (QED) is 0.862. The van der Waals surface area contributed by atoms with E-state index in [9.17, 15) is 4.79 Å². The Morgan fingerprint density at radius 1 is 1.56 bits per heavy atom. The van der Waals surface area contributed by atoms with Crippen molar-refractivity contribution in [2.45, 2.75) is 19.8 Å². The fraction of sp³-hybridized carbons (Fsp3) is 0.462. The zero-order valence-electron chi connectivity index (χ0n) is 10.3. The van der Waals surface area contributed by atoms with Crippen LogP contribution in [-0.2, 0) is 4.79 Å². The highest BCUT2D eigenvalue weighted by Gasteiger charge is 2.48. The van der Waals surface area contributed by atoms with Gasteiger partial charge in [0.25, 0.3) is 0 Å². The Balaban J connectivity index is 2.17. The van der Waals surface area contributed by atoms with Crippen molar-refractivity contribution in [3.63, 3.8) is 0 Å². The van der Waals surface area contributed by atoms with Crippen molar-refractivity contribution >= 4 is 23.2 Å². The summed E-state index contributed by atoms with van der Waals surface area (Å²) < 4.78 is 5.45. The Labute approximate surface area is 111 Å². The fourth-order valence-corrected chi connectivity index (χ4v) is 1.98. The molecule has 0 aromatic heterocycles. The van der Waals surface area contributed by atoms with Crippen molar-refractivity contribution in [2.24, 2.45) is 11.1 Å². The molecule has 1 aromatic carbocycles. The van der Waals surface area contributed by atoms with E-state index in [-0.39, 0.29) is 11.3 Å². The maximum Gasteiger partial charge on any atom is 0.231 e. The van der Waals surface area contributed by atoms with E-state index in [1.54, 1.807) is 18.2 Å². The van der Waals surface area contributed by atoms with Gasteiger partial charge in [-0.2, -0.15) is 0 Å². The number of carbonyl (C=O) groups is 1. The van der Waals surface area contributed by atoms with Crippen molar-refractivity contribution < 1.29 is 9.53 Å². The van der Waals surface area contributed by atoms with Crippen molar-refractivity contribution in [1.82, 2.24) is 0 Å². The molecule has 18 heavy (non-hydrogen) atoms. The standard InChI is InChI=1S/C13H17ClN2O2/c1-2-18-11-4-3-9(14)7-10(11)16-12(17)13(8-15)5-6-13/h3-4,7H,2,5-6,8,15H2,1H3,(H,16,17). The topological polar surface area (TPSA) is 64.3 Å². The van der Waals surface area contributed by atoms with E-state index in [0.29, 0.717) is 29.6 Å². The van der Waals surface area contributed by atoms with Crippen LogP contribution in [0.1, 0.15) is 19.8 Å². The Morgan fingerprint density at radius 3 is 2.83 bits per heavy atom. The molecular formula is C13H17ClN2O2. The van der Waals surface area contributed by atoms with Crippen LogP contribution in [0.25, 0.3) is 0 Å². The highest BCUT2D eigenvalue weighted by Crippen LogP contribution is 2.45. The summed E-state index contributed by atoms with van der Waals surface area (Å²) in [5, 5.41) is 3.42. The molecule has 0 bridgehead atoms. The van der Waals surface area contributed by atoms with Crippen LogP contribution in [0.3, 0.4) is 0 Å². The number of anilines is 1. The summed E-state index contributed by atoms with van der Waals surface area (Å²) in [4.78, 5) is 12.1. The van der Waals surface area contributed by atoms with E-state index < -0.39 is 0 Å². The molecule has 1 aliphatic rings. The van der Waals surface area contributed by atoms with Gasteiger partial charge in [0.05, 0.1) is 17.7 Å². The Morgan fingerprint density at radius 2 is 2.28 bits per heavy atom. The number of amides is 1. The summed E-state index contributed by atoms with van der Waals surface area (Å²) in [6, 6.07) is 5.18. The minimum Gasteiger partial charge on any atom is -0.492 e. The van der Waals surface area contributed by atoms with Gasteiger partial charge in [-0.15, -0.1) is 0 Å². The van der Waals surface area contributed by atoms with Crippen LogP contribution in [0.5, 0.6) is 5.75 Å². The van der Waals surface area contributed by atoms with Crippen molar-refractivity contribution in [3.8, 4) is 5.75 Å². The molecule has 1 saturated carbocycles. The molecule has 5 heteroatoms. The lowest BCUT2D eigenvalue weighted by Gasteiger charge is -2.16. The van der Waals surface area contributed by atoms with Crippen LogP contribution in [0, 0.1) is 5.41 Å². The van der Waals surface area contributed by atoms with E-state index in [1.807, 2.05) is 6.92 Å². The molecule has 4 nitrogen and oxygen atoms in total. The number of nitrogens with one attached hydrogen (secondary N) is 1. The Kier molecular flexibility index (Phi) is 3.78. The average molecular weight is 269 g/mol. The second-order valence-electron chi connectivity index (χ2n) is 4.51. The fourth-order valence-electron chi connectivity index (χ4n) is 1.81. The molecule has 0 radical (unpaired) electrons. The molecule has 1 aliphatic carbocycles. The van der Waals surface area contributed by atoms with E-state index in [4.69, 9.17) is 22.1 Å². The third kappa shape index (κ3) is 2.60. The van der Waals surface area contributed by atoms with Gasteiger partial charge < -0.3 is 15.8 Å². The van der Waals surface area contributed by atoms with Crippen molar-refractivity contribution in [3.05, 3.63) is 23.2 Å². The summed E-state index contributed by atoms with van der Waals surface area (Å²) in [6.07, 6.45) is 1.69. The van der Waals surface area contributed by atoms with Crippen LogP contribution < -0.4 is 15.8 Å². The van der Waals surface area contributed by atoms with Crippen LogP contribution in [0.2, 0.25) is 5.02 Å². The molecule has 0 aliphatic heterocycles. The number of hydrogen-bond donors (Lipinski definition) is 2. The van der Waals surface area contributed by atoms with Gasteiger partial charge >= 0.3 is 0 Å². The first kappa shape index (κ1) is 13.2. The SMILES string of the molecule is CCOc1ccc(Cl)cc1NC(=O)C1(CN)CC1. The molecule has 0 unspecified atom stereocenters. The molecule has 0 heterocycles. The van der Waals surface area contributed by atoms with Gasteiger partial charge in [0.2, 0.25) is 5.91 Å². The van der Waals surface area contributed by atoms with E-state index in [0.717, 1.165) is 12.8 Å². The van der Waals surface area contributed by atoms with Gasteiger partial charge in [-0.25, -0.2) is 0 Å². The highest BCUT2D eigenvalue weighted by molar-refractivity contribution is 6.31. The predicted molar refractivity (Wildman–Crippen MR) is 72.0 cm³/mol. The van der Waals surface area contributed by atoms with E-state index >= 15 is 0 Å². The molecule has 0 spiro atoms. The lowest BCUT2D eigenvalue weighted by molar-refractivity contribution is -0.120. The summed E-state index contributed by atoms with van der Waals surface area (Å²) in [6.45, 7) is 2.80. The van der Waals surface area contributed by atoms with E-state index in [1.165, 1.54) is 0 Å². The molecule has 0 atom stereocenters. The van der Waals surface area contributed by atoms with Crippen molar-refractivity contribution in [1.29, 1.82) is 0 Å². The normalized spacial score (nSPS) is 16.2. The zero-order chi connectivity index (χ0) is 13.2. The predicted octanol–water partition coefficient (Wildman–Crippen LogP) is 2.42. The minimum absolute atomic E-state index is 0.0479. The highest BCUT2D eigenvalue weighted by atomic mass is 35.5. The third-order valence-electron chi connectivity index (χ3n) is 3.22. The maximum absolute atomic E-state index is 12.1. The number of nitrogens with two attached hydrogens (primary N) is 1. The molecule has 2 rings (SSSR count). The average Bonchev–Trinajstić information content (AvgIpc) is 3.14. The smallest absolute Gasteiger partial charge is 0.231 e. The summed E-state index contributed by atoms with van der Waals surface area (Å²) in [7, 11) is 0. The van der Waals surface area contributed by atoms with Gasteiger partial charge in [-0.3, -0.25) is 4.79 Å². The van der Waals surface area contributed by atoms with Crippen LogP contribution in [0.4, 0.5) is 5.69 Å². The van der Waals surface area contributed by atoms with Crippen LogP contribution >= 0.6 is 11.6 Å². The second kappa shape index (κ2) is 5.16. The molecule has 3 N–H and O–H groups in total. The lowest BCUT2D eigenvalue weighted by Crippen LogP contribution is -2.31. The molecule has 98 valence electrons. The third-order valence-corrected chi connectivity index (χ3v) is 3.45. The monoisotopic (exact) mass is 268 g/mol. The summed E-state index contributed by atoms with van der Waals surface area (Å²) in [5.74, 6) is 0.580. The van der Waals surface area contributed by atoms with Crippen molar-refractivity contribution in [2.75, 3.05) is 18.5 Å². The summed E-state index contributed by atoms with van der Waals surface area (Å²) in [5.41, 5.74) is 5.85. The van der Waals surface area contributed by atoms with Gasteiger partial charge in [-0.1, -0.05) is 11.6 Å². The maximum atomic E-state index is 12.1. The molecule has 1 fully saturated rings. The molecule has 0 saturated heterocycles. The van der Waals surface area contributed by atoms with Crippen LogP contribution in [-0.4, -0.2) is 19.1 Å². The summed E-state index contributed by atoms with van der Waals surface area (Å²) >= 11 is 5.93.